The Morgan fingerprint density at radius 3 is 2.11 bits per heavy atom. The van der Waals surface area contributed by atoms with Crippen molar-refractivity contribution >= 4 is 11.4 Å². The minimum Gasteiger partial charge on any atom is -0.388 e. The van der Waals surface area contributed by atoms with Crippen LogP contribution in [0.25, 0.3) is 0 Å². The summed E-state index contributed by atoms with van der Waals surface area (Å²) in [5, 5.41) is 9.41. The predicted octanol–water partition coefficient (Wildman–Crippen LogP) is 1.36. The molecule has 1 aliphatic rings. The average Bonchev–Trinajstić information content (AvgIpc) is 2.48. The van der Waals surface area contributed by atoms with Crippen molar-refractivity contribution in [2.24, 2.45) is 0 Å². The molecule has 18 heavy (non-hydrogen) atoms. The molecule has 0 bridgehead atoms. The summed E-state index contributed by atoms with van der Waals surface area (Å²) in [6, 6.07) is 8.60. The third-order valence-corrected chi connectivity index (χ3v) is 2.99. The van der Waals surface area contributed by atoms with Crippen LogP contribution in [-0.2, 0) is 0 Å². The van der Waals surface area contributed by atoms with E-state index in [1.165, 1.54) is 11.4 Å². The minimum absolute atomic E-state index is 1.07. The number of piperazine rings is 1. The van der Waals surface area contributed by atoms with Gasteiger partial charge in [0.25, 0.3) is 0 Å². The van der Waals surface area contributed by atoms with Gasteiger partial charge in [-0.1, -0.05) is 6.92 Å². The Hall–Kier alpha value is -1.26. The SMILES string of the molecule is CCNC.CNc1ccc(N2CCNCC2)cc1. The van der Waals surface area contributed by atoms with Gasteiger partial charge in [0.05, 0.1) is 0 Å². The highest BCUT2D eigenvalue weighted by molar-refractivity contribution is 5.55. The highest BCUT2D eigenvalue weighted by Crippen LogP contribution is 2.17. The number of rotatable bonds is 3. The van der Waals surface area contributed by atoms with Crippen LogP contribution in [0.2, 0.25) is 0 Å². The van der Waals surface area contributed by atoms with Gasteiger partial charge in [0.15, 0.2) is 0 Å². The molecule has 1 fully saturated rings. The predicted molar refractivity (Wildman–Crippen MR) is 80.7 cm³/mol. The van der Waals surface area contributed by atoms with Crippen molar-refractivity contribution in [3.63, 3.8) is 0 Å². The van der Waals surface area contributed by atoms with Crippen molar-refractivity contribution in [2.45, 2.75) is 6.92 Å². The van der Waals surface area contributed by atoms with Crippen LogP contribution in [0.1, 0.15) is 6.92 Å². The fraction of sp³-hybridized carbons (Fsp3) is 0.571. The Morgan fingerprint density at radius 2 is 1.67 bits per heavy atom. The molecule has 1 heterocycles. The van der Waals surface area contributed by atoms with Crippen molar-refractivity contribution in [2.75, 3.05) is 57.0 Å². The maximum Gasteiger partial charge on any atom is 0.0368 e. The maximum atomic E-state index is 3.35. The Balaban J connectivity index is 0.000000357. The molecule has 0 unspecified atom stereocenters. The van der Waals surface area contributed by atoms with Crippen LogP contribution < -0.4 is 20.9 Å². The maximum absolute atomic E-state index is 3.35. The fourth-order valence-electron chi connectivity index (χ4n) is 1.76. The van der Waals surface area contributed by atoms with Gasteiger partial charge < -0.3 is 20.9 Å². The second-order valence-corrected chi connectivity index (χ2v) is 4.24. The summed E-state index contributed by atoms with van der Waals surface area (Å²) >= 11 is 0. The van der Waals surface area contributed by atoms with Crippen molar-refractivity contribution in [1.82, 2.24) is 10.6 Å². The zero-order valence-electron chi connectivity index (χ0n) is 11.8. The third kappa shape index (κ3) is 4.94. The van der Waals surface area contributed by atoms with Crippen molar-refractivity contribution in [3.8, 4) is 0 Å². The molecule has 0 radical (unpaired) electrons. The number of benzene rings is 1. The number of nitrogens with zero attached hydrogens (tertiary/aromatic N) is 1. The molecule has 0 aromatic heterocycles. The number of hydrogen-bond donors (Lipinski definition) is 3. The Bertz CT molecular complexity index is 302. The molecule has 3 N–H and O–H groups in total. The number of anilines is 2. The van der Waals surface area contributed by atoms with Gasteiger partial charge in [-0.05, 0) is 37.9 Å². The number of nitrogens with one attached hydrogen (secondary N) is 3. The lowest BCUT2D eigenvalue weighted by Crippen LogP contribution is -2.43. The van der Waals surface area contributed by atoms with Gasteiger partial charge in [0.2, 0.25) is 0 Å². The van der Waals surface area contributed by atoms with Gasteiger partial charge in [-0.2, -0.15) is 0 Å². The lowest BCUT2D eigenvalue weighted by Gasteiger charge is -2.29. The van der Waals surface area contributed by atoms with Crippen LogP contribution >= 0.6 is 0 Å². The van der Waals surface area contributed by atoms with E-state index in [0.29, 0.717) is 0 Å². The molecular formula is C14H26N4. The summed E-state index contributed by atoms with van der Waals surface area (Å²) in [5.41, 5.74) is 2.49. The summed E-state index contributed by atoms with van der Waals surface area (Å²) < 4.78 is 0. The van der Waals surface area contributed by atoms with E-state index in [9.17, 15) is 0 Å². The average molecular weight is 250 g/mol. The first-order valence-electron chi connectivity index (χ1n) is 6.70. The van der Waals surface area contributed by atoms with E-state index in [0.717, 1.165) is 32.7 Å². The van der Waals surface area contributed by atoms with Crippen LogP contribution in [0.4, 0.5) is 11.4 Å². The van der Waals surface area contributed by atoms with Crippen LogP contribution in [0.3, 0.4) is 0 Å². The van der Waals surface area contributed by atoms with E-state index in [-0.39, 0.29) is 0 Å². The molecule has 0 aliphatic carbocycles. The first-order valence-corrected chi connectivity index (χ1v) is 6.70. The van der Waals surface area contributed by atoms with Gasteiger partial charge in [0.1, 0.15) is 0 Å². The van der Waals surface area contributed by atoms with Gasteiger partial charge in [0, 0.05) is 44.6 Å². The number of hydrogen-bond acceptors (Lipinski definition) is 4. The molecule has 102 valence electrons. The van der Waals surface area contributed by atoms with E-state index >= 15 is 0 Å². The molecule has 4 heteroatoms. The summed E-state index contributed by atoms with van der Waals surface area (Å²) in [6.45, 7) is 7.54. The quantitative estimate of drug-likeness (QED) is 0.757. The Morgan fingerprint density at radius 1 is 1.11 bits per heavy atom. The topological polar surface area (TPSA) is 39.3 Å². The van der Waals surface area contributed by atoms with Gasteiger partial charge in [-0.3, -0.25) is 0 Å². The van der Waals surface area contributed by atoms with Crippen LogP contribution in [0.5, 0.6) is 0 Å². The minimum atomic E-state index is 1.07. The molecule has 0 saturated carbocycles. The van der Waals surface area contributed by atoms with Crippen LogP contribution in [0, 0.1) is 0 Å². The lowest BCUT2D eigenvalue weighted by molar-refractivity contribution is 0.589. The molecule has 4 nitrogen and oxygen atoms in total. The third-order valence-electron chi connectivity index (χ3n) is 2.99. The molecule has 1 aliphatic heterocycles. The van der Waals surface area contributed by atoms with Crippen molar-refractivity contribution in [3.05, 3.63) is 24.3 Å². The van der Waals surface area contributed by atoms with E-state index in [1.54, 1.807) is 0 Å². The van der Waals surface area contributed by atoms with E-state index in [2.05, 4.69) is 52.0 Å². The summed E-state index contributed by atoms with van der Waals surface area (Å²) in [6.07, 6.45) is 0. The lowest BCUT2D eigenvalue weighted by atomic mass is 10.2. The molecule has 0 amide bonds. The highest BCUT2D eigenvalue weighted by atomic mass is 15.2. The second kappa shape index (κ2) is 8.78. The zero-order chi connectivity index (χ0) is 13.2. The van der Waals surface area contributed by atoms with E-state index in [4.69, 9.17) is 0 Å². The van der Waals surface area contributed by atoms with Gasteiger partial charge >= 0.3 is 0 Å². The normalized spacial score (nSPS) is 14.7. The molecule has 0 atom stereocenters. The van der Waals surface area contributed by atoms with E-state index in [1.807, 2.05) is 14.1 Å². The molecular weight excluding hydrogens is 224 g/mol. The van der Waals surface area contributed by atoms with Gasteiger partial charge in [-0.15, -0.1) is 0 Å². The van der Waals surface area contributed by atoms with Crippen molar-refractivity contribution < 1.29 is 0 Å². The molecule has 1 aromatic carbocycles. The van der Waals surface area contributed by atoms with Crippen LogP contribution in [0.15, 0.2) is 24.3 Å². The summed E-state index contributed by atoms with van der Waals surface area (Å²) in [7, 11) is 3.87. The van der Waals surface area contributed by atoms with E-state index < -0.39 is 0 Å². The molecule has 1 saturated heterocycles. The molecule has 1 aromatic rings. The van der Waals surface area contributed by atoms with Crippen LogP contribution in [-0.4, -0.2) is 46.8 Å². The Kier molecular flexibility index (Phi) is 7.22. The highest BCUT2D eigenvalue weighted by Gasteiger charge is 2.09. The largest absolute Gasteiger partial charge is 0.388 e. The standard InChI is InChI=1S/C11H17N3.C3H9N/c1-12-10-2-4-11(5-3-10)14-8-6-13-7-9-14;1-3-4-2/h2-5,12-13H,6-9H2,1H3;4H,3H2,1-2H3. The van der Waals surface area contributed by atoms with Crippen molar-refractivity contribution in [1.29, 1.82) is 0 Å². The smallest absolute Gasteiger partial charge is 0.0368 e. The zero-order valence-corrected chi connectivity index (χ0v) is 11.8. The van der Waals surface area contributed by atoms with Gasteiger partial charge in [-0.25, -0.2) is 0 Å². The molecule has 0 spiro atoms. The first-order chi connectivity index (χ1) is 8.81. The Labute approximate surface area is 111 Å². The summed E-state index contributed by atoms with van der Waals surface area (Å²) in [5.74, 6) is 0. The second-order valence-electron chi connectivity index (χ2n) is 4.24. The summed E-state index contributed by atoms with van der Waals surface area (Å²) in [4.78, 5) is 2.41. The molecule has 2 rings (SSSR count). The fourth-order valence-corrected chi connectivity index (χ4v) is 1.76. The monoisotopic (exact) mass is 250 g/mol. The first kappa shape index (κ1) is 14.8.